The Kier molecular flexibility index (Phi) is 4.71. The van der Waals surface area contributed by atoms with Crippen LogP contribution in [0.3, 0.4) is 0 Å². The molecule has 104 valence electrons. The standard InChI is InChI=1S/C16H16FNO2/c1-12-4-2-3-5-13(12)10-18-16(19)11-20-15-8-6-14(17)7-9-15/h2-9H,10-11H2,1H3,(H,18,19). The molecule has 1 amide bonds. The van der Waals surface area contributed by atoms with Gasteiger partial charge in [0.2, 0.25) is 0 Å². The van der Waals surface area contributed by atoms with Gasteiger partial charge >= 0.3 is 0 Å². The number of ether oxygens (including phenoxy) is 1. The van der Waals surface area contributed by atoms with Crippen molar-refractivity contribution in [1.29, 1.82) is 0 Å². The summed E-state index contributed by atoms with van der Waals surface area (Å²) in [6.45, 7) is 2.38. The van der Waals surface area contributed by atoms with Gasteiger partial charge in [-0.1, -0.05) is 24.3 Å². The van der Waals surface area contributed by atoms with Crippen LogP contribution in [0.5, 0.6) is 5.75 Å². The highest BCUT2D eigenvalue weighted by molar-refractivity contribution is 5.77. The van der Waals surface area contributed by atoms with E-state index in [1.54, 1.807) is 0 Å². The third-order valence-corrected chi connectivity index (χ3v) is 2.92. The lowest BCUT2D eigenvalue weighted by Crippen LogP contribution is -2.28. The van der Waals surface area contributed by atoms with Crippen molar-refractivity contribution in [2.45, 2.75) is 13.5 Å². The zero-order valence-corrected chi connectivity index (χ0v) is 11.2. The molecule has 1 N–H and O–H groups in total. The van der Waals surface area contributed by atoms with Crippen LogP contribution in [-0.4, -0.2) is 12.5 Å². The maximum absolute atomic E-state index is 12.7. The fourth-order valence-corrected chi connectivity index (χ4v) is 1.73. The predicted molar refractivity (Wildman–Crippen MR) is 74.9 cm³/mol. The predicted octanol–water partition coefficient (Wildman–Crippen LogP) is 2.83. The van der Waals surface area contributed by atoms with E-state index < -0.39 is 0 Å². The SMILES string of the molecule is Cc1ccccc1CNC(=O)COc1ccc(F)cc1. The topological polar surface area (TPSA) is 38.3 Å². The number of hydrogen-bond donors (Lipinski definition) is 1. The van der Waals surface area contributed by atoms with Crippen LogP contribution in [0.2, 0.25) is 0 Å². The molecule has 2 aromatic carbocycles. The van der Waals surface area contributed by atoms with Gasteiger partial charge < -0.3 is 10.1 Å². The van der Waals surface area contributed by atoms with Crippen molar-refractivity contribution in [3.8, 4) is 5.75 Å². The molecule has 3 nitrogen and oxygen atoms in total. The quantitative estimate of drug-likeness (QED) is 0.909. The maximum Gasteiger partial charge on any atom is 0.258 e. The highest BCUT2D eigenvalue weighted by Gasteiger charge is 2.04. The molecule has 0 heterocycles. The minimum Gasteiger partial charge on any atom is -0.484 e. The fraction of sp³-hybridized carbons (Fsp3) is 0.188. The summed E-state index contributed by atoms with van der Waals surface area (Å²) in [7, 11) is 0. The second-order valence-corrected chi connectivity index (χ2v) is 4.45. The number of halogens is 1. The van der Waals surface area contributed by atoms with Gasteiger partial charge in [-0.05, 0) is 42.3 Å². The Hall–Kier alpha value is -2.36. The van der Waals surface area contributed by atoms with E-state index in [1.807, 2.05) is 31.2 Å². The summed E-state index contributed by atoms with van der Waals surface area (Å²) in [5.41, 5.74) is 2.20. The molecule has 2 rings (SSSR count). The van der Waals surface area contributed by atoms with E-state index in [4.69, 9.17) is 4.74 Å². The number of carbonyl (C=O) groups is 1. The zero-order valence-electron chi connectivity index (χ0n) is 11.2. The van der Waals surface area contributed by atoms with E-state index >= 15 is 0 Å². The van der Waals surface area contributed by atoms with Crippen LogP contribution in [0.25, 0.3) is 0 Å². The third kappa shape index (κ3) is 4.09. The van der Waals surface area contributed by atoms with E-state index in [9.17, 15) is 9.18 Å². The number of amides is 1. The summed E-state index contributed by atoms with van der Waals surface area (Å²) in [6, 6.07) is 13.4. The van der Waals surface area contributed by atoms with E-state index in [1.165, 1.54) is 24.3 Å². The van der Waals surface area contributed by atoms with Crippen molar-refractivity contribution in [3.63, 3.8) is 0 Å². The van der Waals surface area contributed by atoms with Crippen LogP contribution in [0, 0.1) is 12.7 Å². The van der Waals surface area contributed by atoms with Crippen molar-refractivity contribution < 1.29 is 13.9 Å². The lowest BCUT2D eigenvalue weighted by molar-refractivity contribution is -0.123. The molecule has 4 heteroatoms. The van der Waals surface area contributed by atoms with Crippen molar-refractivity contribution in [3.05, 3.63) is 65.5 Å². The largest absolute Gasteiger partial charge is 0.484 e. The Morgan fingerprint density at radius 3 is 2.55 bits per heavy atom. The van der Waals surface area contributed by atoms with E-state index in [-0.39, 0.29) is 18.3 Å². The maximum atomic E-state index is 12.7. The summed E-state index contributed by atoms with van der Waals surface area (Å²) in [5.74, 6) is -0.0728. The van der Waals surface area contributed by atoms with Gasteiger partial charge in [0.15, 0.2) is 6.61 Å². The van der Waals surface area contributed by atoms with Crippen molar-refractivity contribution in [2.75, 3.05) is 6.61 Å². The van der Waals surface area contributed by atoms with Crippen LogP contribution in [0.1, 0.15) is 11.1 Å². The summed E-state index contributed by atoms with van der Waals surface area (Å²) in [5, 5.41) is 2.78. The highest BCUT2D eigenvalue weighted by atomic mass is 19.1. The Morgan fingerprint density at radius 1 is 1.15 bits per heavy atom. The van der Waals surface area contributed by atoms with Gasteiger partial charge in [-0.25, -0.2) is 4.39 Å². The second kappa shape index (κ2) is 6.70. The lowest BCUT2D eigenvalue weighted by Gasteiger charge is -2.09. The van der Waals surface area contributed by atoms with Gasteiger partial charge in [-0.2, -0.15) is 0 Å². The minimum absolute atomic E-state index is 0.0858. The molecule has 0 aliphatic carbocycles. The Balaban J connectivity index is 1.78. The minimum atomic E-state index is -0.332. The number of rotatable bonds is 5. The van der Waals surface area contributed by atoms with E-state index in [0.717, 1.165) is 11.1 Å². The van der Waals surface area contributed by atoms with Gasteiger partial charge in [0, 0.05) is 6.54 Å². The molecule has 0 aromatic heterocycles. The molecule has 0 unspecified atom stereocenters. The Labute approximate surface area is 117 Å². The highest BCUT2D eigenvalue weighted by Crippen LogP contribution is 2.10. The van der Waals surface area contributed by atoms with Crippen molar-refractivity contribution >= 4 is 5.91 Å². The van der Waals surface area contributed by atoms with Gasteiger partial charge in [-0.3, -0.25) is 4.79 Å². The van der Waals surface area contributed by atoms with Crippen LogP contribution in [-0.2, 0) is 11.3 Å². The normalized spacial score (nSPS) is 10.1. The molecular formula is C16H16FNO2. The van der Waals surface area contributed by atoms with Gasteiger partial charge in [0.1, 0.15) is 11.6 Å². The smallest absolute Gasteiger partial charge is 0.258 e. The molecule has 0 radical (unpaired) electrons. The Bertz CT molecular complexity index is 581. The third-order valence-electron chi connectivity index (χ3n) is 2.92. The molecule has 0 aliphatic heterocycles. The molecular weight excluding hydrogens is 257 g/mol. The molecule has 2 aromatic rings. The average Bonchev–Trinajstić information content (AvgIpc) is 2.46. The molecule has 0 saturated heterocycles. The molecule has 0 saturated carbocycles. The average molecular weight is 273 g/mol. The first-order valence-corrected chi connectivity index (χ1v) is 6.35. The van der Waals surface area contributed by atoms with Gasteiger partial charge in [-0.15, -0.1) is 0 Å². The first kappa shape index (κ1) is 14.1. The molecule has 0 atom stereocenters. The fourth-order valence-electron chi connectivity index (χ4n) is 1.73. The summed E-state index contributed by atoms with van der Waals surface area (Å²) in [6.07, 6.45) is 0. The molecule has 0 bridgehead atoms. The summed E-state index contributed by atoms with van der Waals surface area (Å²) in [4.78, 5) is 11.7. The molecule has 20 heavy (non-hydrogen) atoms. The van der Waals surface area contributed by atoms with Crippen LogP contribution < -0.4 is 10.1 Å². The number of nitrogens with one attached hydrogen (secondary N) is 1. The number of carbonyl (C=O) groups excluding carboxylic acids is 1. The first-order chi connectivity index (χ1) is 9.65. The van der Waals surface area contributed by atoms with Crippen molar-refractivity contribution in [2.24, 2.45) is 0 Å². The molecule has 0 fully saturated rings. The number of hydrogen-bond acceptors (Lipinski definition) is 2. The lowest BCUT2D eigenvalue weighted by atomic mass is 10.1. The van der Waals surface area contributed by atoms with Gasteiger partial charge in [0.05, 0.1) is 0 Å². The number of aryl methyl sites for hydroxylation is 1. The van der Waals surface area contributed by atoms with Crippen LogP contribution in [0.4, 0.5) is 4.39 Å². The van der Waals surface area contributed by atoms with Crippen LogP contribution in [0.15, 0.2) is 48.5 Å². The summed E-state index contributed by atoms with van der Waals surface area (Å²) < 4.78 is 18.0. The molecule has 0 aliphatic rings. The van der Waals surface area contributed by atoms with Crippen molar-refractivity contribution in [1.82, 2.24) is 5.32 Å². The van der Waals surface area contributed by atoms with E-state index in [0.29, 0.717) is 12.3 Å². The van der Waals surface area contributed by atoms with Crippen LogP contribution >= 0.6 is 0 Å². The zero-order chi connectivity index (χ0) is 14.4. The molecule has 0 spiro atoms. The van der Waals surface area contributed by atoms with E-state index in [2.05, 4.69) is 5.32 Å². The second-order valence-electron chi connectivity index (χ2n) is 4.45. The number of benzene rings is 2. The monoisotopic (exact) mass is 273 g/mol. The Morgan fingerprint density at radius 2 is 1.85 bits per heavy atom. The van der Waals surface area contributed by atoms with Gasteiger partial charge in [0.25, 0.3) is 5.91 Å². The summed E-state index contributed by atoms with van der Waals surface area (Å²) >= 11 is 0. The first-order valence-electron chi connectivity index (χ1n) is 6.35.